The van der Waals surface area contributed by atoms with Crippen molar-refractivity contribution in [1.82, 2.24) is 4.98 Å². The van der Waals surface area contributed by atoms with Gasteiger partial charge in [-0.05, 0) is 50.2 Å². The molecule has 5 nitrogen and oxygen atoms in total. The minimum absolute atomic E-state index is 0.177. The molecule has 20 heavy (non-hydrogen) atoms. The highest BCUT2D eigenvalue weighted by atomic mass is 16.4. The van der Waals surface area contributed by atoms with Crippen LogP contribution in [0.15, 0.2) is 36.4 Å². The topological polar surface area (TPSA) is 79.3 Å². The number of hydrogen-bond acceptors (Lipinski definition) is 3. The number of carboxylic acids is 1. The largest absolute Gasteiger partial charge is 0.478 e. The third-order valence-corrected chi connectivity index (χ3v) is 2.86. The van der Waals surface area contributed by atoms with E-state index in [2.05, 4.69) is 10.3 Å². The number of aromatic nitrogens is 1. The summed E-state index contributed by atoms with van der Waals surface area (Å²) in [6, 6.07) is 9.49. The second-order valence-electron chi connectivity index (χ2n) is 4.42. The molecule has 1 aromatic heterocycles. The van der Waals surface area contributed by atoms with Gasteiger partial charge in [0.15, 0.2) is 0 Å². The number of carbonyl (C=O) groups is 2. The molecule has 5 heteroatoms. The van der Waals surface area contributed by atoms with Gasteiger partial charge in [-0.15, -0.1) is 0 Å². The molecule has 0 saturated heterocycles. The minimum atomic E-state index is -0.999. The maximum atomic E-state index is 12.1. The predicted molar refractivity (Wildman–Crippen MR) is 75.1 cm³/mol. The van der Waals surface area contributed by atoms with Crippen LogP contribution in [0.4, 0.5) is 5.69 Å². The van der Waals surface area contributed by atoms with Crippen LogP contribution < -0.4 is 5.32 Å². The van der Waals surface area contributed by atoms with Gasteiger partial charge in [0.2, 0.25) is 0 Å². The molecule has 0 fully saturated rings. The van der Waals surface area contributed by atoms with Gasteiger partial charge in [0.25, 0.3) is 5.91 Å². The van der Waals surface area contributed by atoms with Crippen molar-refractivity contribution in [2.75, 3.05) is 5.32 Å². The number of rotatable bonds is 3. The molecule has 2 N–H and O–H groups in total. The van der Waals surface area contributed by atoms with Crippen molar-refractivity contribution in [1.29, 1.82) is 0 Å². The lowest BCUT2D eigenvalue weighted by Gasteiger charge is -2.08. The third-order valence-electron chi connectivity index (χ3n) is 2.86. The van der Waals surface area contributed by atoms with E-state index in [0.717, 1.165) is 5.69 Å². The summed E-state index contributed by atoms with van der Waals surface area (Å²) < 4.78 is 0. The van der Waals surface area contributed by atoms with Crippen LogP contribution in [-0.2, 0) is 0 Å². The molecule has 1 aromatic carbocycles. The standard InChI is InChI=1S/C15H14N2O3/c1-9-3-8-13(10(2)16-9)14(18)17-12-6-4-11(5-7-12)15(19)20/h3-8H,1-2H3,(H,17,18)(H,19,20). The van der Waals surface area contributed by atoms with Crippen molar-refractivity contribution < 1.29 is 14.7 Å². The van der Waals surface area contributed by atoms with Crippen LogP contribution >= 0.6 is 0 Å². The van der Waals surface area contributed by atoms with Gasteiger partial charge in [-0.2, -0.15) is 0 Å². The van der Waals surface area contributed by atoms with Gasteiger partial charge < -0.3 is 10.4 Å². The molecule has 1 heterocycles. The Morgan fingerprint density at radius 2 is 1.70 bits per heavy atom. The summed E-state index contributed by atoms with van der Waals surface area (Å²) in [6.45, 7) is 3.63. The van der Waals surface area contributed by atoms with E-state index in [0.29, 0.717) is 16.9 Å². The second-order valence-corrected chi connectivity index (χ2v) is 4.42. The minimum Gasteiger partial charge on any atom is -0.478 e. The zero-order valence-electron chi connectivity index (χ0n) is 11.2. The number of carboxylic acid groups (broad SMARTS) is 1. The van der Waals surface area contributed by atoms with Crippen molar-refractivity contribution in [2.45, 2.75) is 13.8 Å². The number of pyridine rings is 1. The van der Waals surface area contributed by atoms with E-state index in [1.165, 1.54) is 12.1 Å². The van der Waals surface area contributed by atoms with E-state index < -0.39 is 5.97 Å². The molecule has 0 unspecified atom stereocenters. The molecule has 2 aromatic rings. The van der Waals surface area contributed by atoms with Gasteiger partial charge >= 0.3 is 5.97 Å². The number of hydrogen-bond donors (Lipinski definition) is 2. The monoisotopic (exact) mass is 270 g/mol. The maximum absolute atomic E-state index is 12.1. The predicted octanol–water partition coefficient (Wildman–Crippen LogP) is 2.65. The van der Waals surface area contributed by atoms with Gasteiger partial charge in [-0.1, -0.05) is 0 Å². The highest BCUT2D eigenvalue weighted by molar-refractivity contribution is 6.05. The van der Waals surface area contributed by atoms with Crippen LogP contribution in [-0.4, -0.2) is 22.0 Å². The van der Waals surface area contributed by atoms with Crippen molar-refractivity contribution in [3.63, 3.8) is 0 Å². The Labute approximate surface area is 116 Å². The molecule has 0 saturated carbocycles. The molecule has 0 radical (unpaired) electrons. The lowest BCUT2D eigenvalue weighted by atomic mass is 10.1. The third kappa shape index (κ3) is 3.00. The van der Waals surface area contributed by atoms with Crippen molar-refractivity contribution >= 4 is 17.6 Å². The van der Waals surface area contributed by atoms with E-state index in [1.54, 1.807) is 31.2 Å². The molecule has 0 aliphatic heterocycles. The van der Waals surface area contributed by atoms with Gasteiger partial charge in [0.05, 0.1) is 16.8 Å². The van der Waals surface area contributed by atoms with Crippen LogP contribution in [0.5, 0.6) is 0 Å². The highest BCUT2D eigenvalue weighted by Gasteiger charge is 2.10. The Morgan fingerprint density at radius 1 is 1.05 bits per heavy atom. The van der Waals surface area contributed by atoms with Crippen molar-refractivity contribution in [3.8, 4) is 0 Å². The lowest BCUT2D eigenvalue weighted by molar-refractivity contribution is 0.0696. The van der Waals surface area contributed by atoms with E-state index >= 15 is 0 Å². The van der Waals surface area contributed by atoms with E-state index in [4.69, 9.17) is 5.11 Å². The number of nitrogens with zero attached hydrogens (tertiary/aromatic N) is 1. The van der Waals surface area contributed by atoms with E-state index in [9.17, 15) is 9.59 Å². The number of aryl methyl sites for hydroxylation is 2. The summed E-state index contributed by atoms with van der Waals surface area (Å²) in [7, 11) is 0. The smallest absolute Gasteiger partial charge is 0.335 e. The Bertz CT molecular complexity index is 663. The molecule has 0 spiro atoms. The van der Waals surface area contributed by atoms with E-state index in [1.807, 2.05) is 6.92 Å². The first-order chi connectivity index (χ1) is 9.47. The molecule has 102 valence electrons. The zero-order valence-corrected chi connectivity index (χ0v) is 11.2. The fourth-order valence-corrected chi connectivity index (χ4v) is 1.82. The average molecular weight is 270 g/mol. The molecular formula is C15H14N2O3. The zero-order chi connectivity index (χ0) is 14.7. The first kappa shape index (κ1) is 13.7. The number of benzene rings is 1. The second kappa shape index (κ2) is 5.52. The number of aromatic carboxylic acids is 1. The molecule has 2 rings (SSSR count). The summed E-state index contributed by atoms with van der Waals surface area (Å²) in [5.74, 6) is -1.26. The molecular weight excluding hydrogens is 256 g/mol. The van der Waals surface area contributed by atoms with Crippen LogP contribution in [0, 0.1) is 13.8 Å². The van der Waals surface area contributed by atoms with Crippen LogP contribution in [0.3, 0.4) is 0 Å². The fraction of sp³-hybridized carbons (Fsp3) is 0.133. The first-order valence-electron chi connectivity index (χ1n) is 6.06. The van der Waals surface area contributed by atoms with Gasteiger partial charge in [0, 0.05) is 11.4 Å². The Balaban J connectivity index is 2.17. The van der Waals surface area contributed by atoms with Gasteiger partial charge in [-0.3, -0.25) is 9.78 Å². The molecule has 0 atom stereocenters. The quantitative estimate of drug-likeness (QED) is 0.898. The number of nitrogens with one attached hydrogen (secondary N) is 1. The van der Waals surface area contributed by atoms with Crippen LogP contribution in [0.2, 0.25) is 0 Å². The normalized spacial score (nSPS) is 10.1. The van der Waals surface area contributed by atoms with Gasteiger partial charge in [-0.25, -0.2) is 4.79 Å². The van der Waals surface area contributed by atoms with Crippen molar-refractivity contribution in [2.24, 2.45) is 0 Å². The average Bonchev–Trinajstić information content (AvgIpc) is 2.39. The summed E-state index contributed by atoms with van der Waals surface area (Å²) in [4.78, 5) is 27.1. The fourth-order valence-electron chi connectivity index (χ4n) is 1.82. The molecule has 0 bridgehead atoms. The number of carbonyl (C=O) groups excluding carboxylic acids is 1. The van der Waals surface area contributed by atoms with Crippen LogP contribution in [0.1, 0.15) is 32.1 Å². The summed E-state index contributed by atoms with van der Waals surface area (Å²) >= 11 is 0. The first-order valence-corrected chi connectivity index (χ1v) is 6.06. The molecule has 0 aliphatic rings. The molecule has 0 aliphatic carbocycles. The maximum Gasteiger partial charge on any atom is 0.335 e. The van der Waals surface area contributed by atoms with Crippen LogP contribution in [0.25, 0.3) is 0 Å². The SMILES string of the molecule is Cc1ccc(C(=O)Nc2ccc(C(=O)O)cc2)c(C)n1. The Hall–Kier alpha value is -2.69. The highest BCUT2D eigenvalue weighted by Crippen LogP contribution is 2.13. The lowest BCUT2D eigenvalue weighted by Crippen LogP contribution is -2.14. The van der Waals surface area contributed by atoms with Gasteiger partial charge in [0.1, 0.15) is 0 Å². The molecule has 1 amide bonds. The number of amides is 1. The summed E-state index contributed by atoms with van der Waals surface area (Å²) in [5.41, 5.74) is 2.73. The summed E-state index contributed by atoms with van der Waals surface area (Å²) in [6.07, 6.45) is 0. The summed E-state index contributed by atoms with van der Waals surface area (Å²) in [5, 5.41) is 11.5. The number of anilines is 1. The van der Waals surface area contributed by atoms with E-state index in [-0.39, 0.29) is 11.5 Å². The Morgan fingerprint density at radius 3 is 2.25 bits per heavy atom. The Kier molecular flexibility index (Phi) is 3.79. The van der Waals surface area contributed by atoms with Crippen molar-refractivity contribution in [3.05, 3.63) is 58.9 Å².